The zero-order valence-electron chi connectivity index (χ0n) is 9.23. The van der Waals surface area contributed by atoms with E-state index in [4.69, 9.17) is 10.2 Å². The zero-order chi connectivity index (χ0) is 16.0. The Kier molecular flexibility index (Phi) is 3.79. The Bertz CT molecular complexity index is 448. The third kappa shape index (κ3) is 2.70. The van der Waals surface area contributed by atoms with Crippen LogP contribution < -0.4 is 0 Å². The van der Waals surface area contributed by atoms with Crippen molar-refractivity contribution in [2.75, 3.05) is 0 Å². The van der Waals surface area contributed by atoms with Crippen molar-refractivity contribution in [2.45, 2.75) is 24.1 Å². The summed E-state index contributed by atoms with van der Waals surface area (Å²) in [6.07, 6.45) is -11.7. The van der Waals surface area contributed by atoms with Crippen LogP contribution in [0.1, 0.15) is 11.1 Å². The van der Waals surface area contributed by atoms with Crippen LogP contribution in [0.5, 0.6) is 0 Å². The molecule has 1 aromatic rings. The molecule has 20 heavy (non-hydrogen) atoms. The van der Waals surface area contributed by atoms with Crippen LogP contribution in [0.3, 0.4) is 0 Å². The maximum atomic E-state index is 13.1. The first-order valence-electron chi connectivity index (χ1n) is 4.78. The van der Waals surface area contributed by atoms with Gasteiger partial charge in [0, 0.05) is 11.1 Å². The van der Waals surface area contributed by atoms with Crippen molar-refractivity contribution in [1.29, 1.82) is 0 Å². The summed E-state index contributed by atoms with van der Waals surface area (Å²) in [6.45, 7) is 0. The van der Waals surface area contributed by atoms with Crippen LogP contribution in [0.25, 0.3) is 0 Å². The molecule has 10 heteroatoms. The maximum Gasteiger partial charge on any atom is 0.453 e. The Morgan fingerprint density at radius 1 is 0.650 bits per heavy atom. The summed E-state index contributed by atoms with van der Waals surface area (Å²) in [5.74, 6) is -9.96. The number of halogens is 8. The normalized spacial score (nSPS) is 19.3. The Balaban J connectivity index is 3.36. The quantitative estimate of drug-likeness (QED) is 0.824. The fraction of sp³-hybridized carbons (Fsp3) is 0.400. The predicted molar refractivity (Wildman–Crippen MR) is 48.6 cm³/mol. The Morgan fingerprint density at radius 3 is 1.20 bits per heavy atom. The molecule has 2 N–H and O–H groups in total. The molecule has 0 saturated carbocycles. The second-order valence-corrected chi connectivity index (χ2v) is 3.82. The molecule has 0 heterocycles. The second-order valence-electron chi connectivity index (χ2n) is 3.82. The number of aliphatic hydroxyl groups is 2. The monoisotopic (exact) mass is 310 g/mol. The molecule has 0 amide bonds. The molecule has 114 valence electrons. The molecule has 0 aliphatic rings. The minimum Gasteiger partial charge on any atom is -0.351 e. The molecule has 0 saturated heterocycles. The molecule has 0 radical (unpaired) electrons. The summed E-state index contributed by atoms with van der Waals surface area (Å²) in [6, 6.07) is 0.755. The van der Waals surface area contributed by atoms with E-state index in [0.717, 1.165) is 0 Å². The van der Waals surface area contributed by atoms with E-state index in [2.05, 4.69) is 0 Å². The van der Waals surface area contributed by atoms with Crippen LogP contribution in [-0.4, -0.2) is 22.6 Å². The van der Waals surface area contributed by atoms with Gasteiger partial charge >= 0.3 is 24.1 Å². The summed E-state index contributed by atoms with van der Waals surface area (Å²) in [5, 5.41) is 17.3. The van der Waals surface area contributed by atoms with E-state index in [1.807, 2.05) is 0 Å². The van der Waals surface area contributed by atoms with Gasteiger partial charge in [-0.15, -0.1) is 0 Å². The molecule has 2 nitrogen and oxygen atoms in total. The first-order valence-corrected chi connectivity index (χ1v) is 4.78. The van der Waals surface area contributed by atoms with E-state index in [9.17, 15) is 35.1 Å². The van der Waals surface area contributed by atoms with Crippen LogP contribution >= 0.6 is 0 Å². The summed E-state index contributed by atoms with van der Waals surface area (Å²) in [7, 11) is 0. The highest BCUT2D eigenvalue weighted by Crippen LogP contribution is 2.44. The molecular formula is C10H6F8O2. The topological polar surface area (TPSA) is 40.5 Å². The fourth-order valence-electron chi connectivity index (χ4n) is 1.26. The molecule has 2 atom stereocenters. The van der Waals surface area contributed by atoms with Gasteiger partial charge in [-0.3, -0.25) is 0 Å². The molecule has 1 rings (SSSR count). The molecule has 2 unspecified atom stereocenters. The van der Waals surface area contributed by atoms with Crippen LogP contribution in [0.4, 0.5) is 35.1 Å². The Morgan fingerprint density at radius 2 is 0.950 bits per heavy atom. The highest BCUT2D eigenvalue weighted by atomic mass is 19.4. The van der Waals surface area contributed by atoms with Gasteiger partial charge in [0.25, 0.3) is 0 Å². The standard InChI is InChI=1S/C10H6F8O2/c11-7(19,9(13,14)15)5-2-1-3-6(4-5)8(12,20)10(16,17)18/h1-4,19-20H. The highest BCUT2D eigenvalue weighted by molar-refractivity contribution is 5.31. The zero-order valence-corrected chi connectivity index (χ0v) is 9.23. The Hall–Kier alpha value is -1.42. The number of rotatable bonds is 2. The number of benzene rings is 1. The first kappa shape index (κ1) is 16.6. The number of hydrogen-bond donors (Lipinski definition) is 2. The SMILES string of the molecule is OC(F)(c1cccc(C(O)(F)C(F)(F)F)c1)C(F)(F)F. The summed E-state index contributed by atoms with van der Waals surface area (Å²) in [5.41, 5.74) is -3.38. The summed E-state index contributed by atoms with van der Waals surface area (Å²) >= 11 is 0. The van der Waals surface area contributed by atoms with Crippen molar-refractivity contribution >= 4 is 0 Å². The number of alkyl halides is 8. The molecule has 0 aliphatic carbocycles. The second kappa shape index (κ2) is 4.55. The molecule has 0 bridgehead atoms. The minimum absolute atomic E-state index is 0.263. The lowest BCUT2D eigenvalue weighted by molar-refractivity contribution is -0.326. The minimum atomic E-state index is -5.85. The van der Waals surface area contributed by atoms with Crippen molar-refractivity contribution in [3.8, 4) is 0 Å². The lowest BCUT2D eigenvalue weighted by atomic mass is 9.99. The van der Waals surface area contributed by atoms with Gasteiger partial charge in [-0.05, 0) is 6.07 Å². The van der Waals surface area contributed by atoms with Crippen LogP contribution in [0, 0.1) is 0 Å². The van der Waals surface area contributed by atoms with Gasteiger partial charge in [-0.1, -0.05) is 18.2 Å². The van der Waals surface area contributed by atoms with Gasteiger partial charge in [-0.2, -0.15) is 35.1 Å². The van der Waals surface area contributed by atoms with Gasteiger partial charge < -0.3 is 10.2 Å². The molecule has 1 aromatic carbocycles. The first-order chi connectivity index (χ1) is 8.71. The van der Waals surface area contributed by atoms with Crippen LogP contribution in [0.2, 0.25) is 0 Å². The fourth-order valence-corrected chi connectivity index (χ4v) is 1.26. The van der Waals surface area contributed by atoms with Crippen molar-refractivity contribution in [3.63, 3.8) is 0 Å². The van der Waals surface area contributed by atoms with Crippen molar-refractivity contribution in [3.05, 3.63) is 35.4 Å². The lowest BCUT2D eigenvalue weighted by Gasteiger charge is -2.26. The van der Waals surface area contributed by atoms with E-state index >= 15 is 0 Å². The van der Waals surface area contributed by atoms with E-state index in [1.54, 1.807) is 0 Å². The average Bonchev–Trinajstić information content (AvgIpc) is 2.26. The van der Waals surface area contributed by atoms with Crippen molar-refractivity contribution in [2.24, 2.45) is 0 Å². The summed E-state index contributed by atoms with van der Waals surface area (Å²) < 4.78 is 99.3. The molecule has 0 spiro atoms. The van der Waals surface area contributed by atoms with E-state index < -0.39 is 35.2 Å². The van der Waals surface area contributed by atoms with Gasteiger partial charge in [0.05, 0.1) is 0 Å². The van der Waals surface area contributed by atoms with Crippen LogP contribution in [-0.2, 0) is 11.7 Å². The average molecular weight is 310 g/mol. The maximum absolute atomic E-state index is 13.1. The largest absolute Gasteiger partial charge is 0.453 e. The van der Waals surface area contributed by atoms with Crippen molar-refractivity contribution < 1.29 is 45.3 Å². The van der Waals surface area contributed by atoms with Gasteiger partial charge in [-0.25, -0.2) is 0 Å². The Labute approximate surface area is 106 Å². The smallest absolute Gasteiger partial charge is 0.351 e. The third-order valence-corrected chi connectivity index (χ3v) is 2.38. The van der Waals surface area contributed by atoms with Gasteiger partial charge in [0.1, 0.15) is 0 Å². The van der Waals surface area contributed by atoms with Gasteiger partial charge in [0.15, 0.2) is 0 Å². The predicted octanol–water partition coefficient (Wildman–Crippen LogP) is 3.04. The third-order valence-electron chi connectivity index (χ3n) is 2.38. The van der Waals surface area contributed by atoms with E-state index in [1.165, 1.54) is 0 Å². The molecule has 0 aromatic heterocycles. The van der Waals surface area contributed by atoms with Crippen LogP contribution in [0.15, 0.2) is 24.3 Å². The van der Waals surface area contributed by atoms with Gasteiger partial charge in [0.2, 0.25) is 0 Å². The molecule has 0 aliphatic heterocycles. The van der Waals surface area contributed by atoms with E-state index in [-0.39, 0.29) is 6.07 Å². The highest BCUT2D eigenvalue weighted by Gasteiger charge is 2.59. The summed E-state index contributed by atoms with van der Waals surface area (Å²) in [4.78, 5) is 0. The van der Waals surface area contributed by atoms with Crippen molar-refractivity contribution in [1.82, 2.24) is 0 Å². The number of hydrogen-bond acceptors (Lipinski definition) is 2. The lowest BCUT2D eigenvalue weighted by Crippen LogP contribution is -2.40. The molecule has 0 fully saturated rings. The van der Waals surface area contributed by atoms with E-state index in [0.29, 0.717) is 18.2 Å². The molecular weight excluding hydrogens is 304 g/mol.